The second-order valence-electron chi connectivity index (χ2n) is 4.48. The highest BCUT2D eigenvalue weighted by molar-refractivity contribution is 7.17. The van der Waals surface area contributed by atoms with E-state index in [2.05, 4.69) is 9.97 Å². The minimum absolute atomic E-state index is 0.339. The van der Waals surface area contributed by atoms with Gasteiger partial charge in [-0.05, 0) is 31.9 Å². The summed E-state index contributed by atoms with van der Waals surface area (Å²) in [6.45, 7) is 1.91. The number of carboxylic acid groups (broad SMARTS) is 1. The molecule has 1 aliphatic carbocycles. The summed E-state index contributed by atoms with van der Waals surface area (Å²) >= 11 is 1.22. The van der Waals surface area contributed by atoms with Crippen molar-refractivity contribution in [1.29, 1.82) is 0 Å². The number of carbonyl (C=O) groups is 1. The summed E-state index contributed by atoms with van der Waals surface area (Å²) in [5, 5.41) is 9.91. The normalized spacial score (nSPS) is 14.7. The van der Waals surface area contributed by atoms with Crippen LogP contribution in [0.5, 0.6) is 0 Å². The monoisotopic (exact) mass is 260 g/mol. The fraction of sp³-hybridized carbons (Fsp3) is 0.308. The summed E-state index contributed by atoms with van der Waals surface area (Å²) in [7, 11) is 0. The molecule has 0 bridgehead atoms. The van der Waals surface area contributed by atoms with Crippen LogP contribution in [0.2, 0.25) is 0 Å². The summed E-state index contributed by atoms with van der Waals surface area (Å²) in [4.78, 5) is 20.5. The number of pyridine rings is 1. The maximum Gasteiger partial charge on any atom is 0.347 e. The SMILES string of the molecule is Cc1cccc(-c2nc(C3CC3)c(C(=O)O)s2)n1. The van der Waals surface area contributed by atoms with E-state index in [-0.39, 0.29) is 0 Å². The number of rotatable bonds is 3. The van der Waals surface area contributed by atoms with Crippen molar-refractivity contribution < 1.29 is 9.90 Å². The number of thiazole rings is 1. The molecule has 2 aromatic rings. The maximum absolute atomic E-state index is 11.2. The molecule has 0 saturated heterocycles. The molecule has 0 spiro atoms. The third-order valence-electron chi connectivity index (χ3n) is 2.92. The molecule has 5 heteroatoms. The quantitative estimate of drug-likeness (QED) is 0.921. The van der Waals surface area contributed by atoms with E-state index in [0.717, 1.165) is 29.9 Å². The number of aromatic nitrogens is 2. The van der Waals surface area contributed by atoms with E-state index < -0.39 is 5.97 Å². The Labute approximate surface area is 108 Å². The van der Waals surface area contributed by atoms with Gasteiger partial charge in [-0.2, -0.15) is 0 Å². The van der Waals surface area contributed by atoms with Crippen LogP contribution in [0.15, 0.2) is 18.2 Å². The molecule has 3 rings (SSSR count). The first kappa shape index (κ1) is 11.3. The Bertz CT molecular complexity index is 617. The van der Waals surface area contributed by atoms with E-state index in [4.69, 9.17) is 0 Å². The van der Waals surface area contributed by atoms with Crippen molar-refractivity contribution in [1.82, 2.24) is 9.97 Å². The Balaban J connectivity index is 2.07. The first-order chi connectivity index (χ1) is 8.65. The molecule has 0 unspecified atom stereocenters. The average molecular weight is 260 g/mol. The van der Waals surface area contributed by atoms with Crippen LogP contribution in [0, 0.1) is 6.92 Å². The van der Waals surface area contributed by atoms with Crippen molar-refractivity contribution in [3.05, 3.63) is 34.5 Å². The molecule has 1 N–H and O–H groups in total. The summed E-state index contributed by atoms with van der Waals surface area (Å²) in [5.74, 6) is -0.542. The molecule has 0 aliphatic heterocycles. The average Bonchev–Trinajstić information content (AvgIpc) is 3.07. The first-order valence-corrected chi connectivity index (χ1v) is 6.65. The van der Waals surface area contributed by atoms with Gasteiger partial charge in [0.1, 0.15) is 9.88 Å². The zero-order valence-electron chi connectivity index (χ0n) is 9.88. The summed E-state index contributed by atoms with van der Waals surface area (Å²) in [6, 6.07) is 5.70. The molecule has 2 heterocycles. The molecule has 1 saturated carbocycles. The lowest BCUT2D eigenvalue weighted by atomic mass is 10.2. The third-order valence-corrected chi connectivity index (χ3v) is 4.00. The van der Waals surface area contributed by atoms with Gasteiger partial charge >= 0.3 is 5.97 Å². The Kier molecular flexibility index (Phi) is 2.63. The lowest BCUT2D eigenvalue weighted by Crippen LogP contribution is -1.97. The van der Waals surface area contributed by atoms with Gasteiger partial charge in [0, 0.05) is 11.6 Å². The smallest absolute Gasteiger partial charge is 0.347 e. The second kappa shape index (κ2) is 4.17. The Morgan fingerprint density at radius 3 is 2.78 bits per heavy atom. The van der Waals surface area contributed by atoms with E-state index in [1.54, 1.807) is 0 Å². The van der Waals surface area contributed by atoms with Crippen molar-refractivity contribution in [2.45, 2.75) is 25.7 Å². The fourth-order valence-corrected chi connectivity index (χ4v) is 2.85. The summed E-state index contributed by atoms with van der Waals surface area (Å²) in [5.41, 5.74) is 2.41. The molecule has 2 aromatic heterocycles. The topological polar surface area (TPSA) is 63.1 Å². The van der Waals surface area contributed by atoms with Gasteiger partial charge in [-0.3, -0.25) is 4.98 Å². The van der Waals surface area contributed by atoms with Crippen LogP contribution in [-0.4, -0.2) is 21.0 Å². The van der Waals surface area contributed by atoms with Crippen LogP contribution < -0.4 is 0 Å². The standard InChI is InChI=1S/C13H12N2O2S/c1-7-3-2-4-9(14-7)12-15-10(8-5-6-8)11(18-12)13(16)17/h2-4,8H,5-6H2,1H3,(H,16,17). The van der Waals surface area contributed by atoms with Gasteiger partial charge in [0.2, 0.25) is 0 Å². The van der Waals surface area contributed by atoms with Crippen molar-refractivity contribution in [2.24, 2.45) is 0 Å². The van der Waals surface area contributed by atoms with E-state index in [1.165, 1.54) is 11.3 Å². The minimum atomic E-state index is -0.881. The van der Waals surface area contributed by atoms with Gasteiger partial charge in [-0.25, -0.2) is 9.78 Å². The predicted molar refractivity (Wildman–Crippen MR) is 69.0 cm³/mol. The van der Waals surface area contributed by atoms with Gasteiger partial charge in [-0.15, -0.1) is 11.3 Å². The van der Waals surface area contributed by atoms with E-state index in [1.807, 2.05) is 25.1 Å². The Morgan fingerprint density at radius 2 is 2.17 bits per heavy atom. The molecular formula is C13H12N2O2S. The number of aromatic carboxylic acids is 1. The molecule has 0 radical (unpaired) electrons. The van der Waals surface area contributed by atoms with Crippen molar-refractivity contribution >= 4 is 17.3 Å². The first-order valence-electron chi connectivity index (χ1n) is 5.83. The minimum Gasteiger partial charge on any atom is -0.477 e. The van der Waals surface area contributed by atoms with Gasteiger partial charge in [0.15, 0.2) is 0 Å². The highest BCUT2D eigenvalue weighted by Gasteiger charge is 2.32. The Hall–Kier alpha value is -1.75. The van der Waals surface area contributed by atoms with Crippen molar-refractivity contribution in [2.75, 3.05) is 0 Å². The van der Waals surface area contributed by atoms with Crippen molar-refractivity contribution in [3.63, 3.8) is 0 Å². The van der Waals surface area contributed by atoms with Gasteiger partial charge in [-0.1, -0.05) is 6.07 Å². The number of hydrogen-bond acceptors (Lipinski definition) is 4. The molecule has 0 aromatic carbocycles. The molecule has 1 aliphatic rings. The van der Waals surface area contributed by atoms with Gasteiger partial charge in [0.05, 0.1) is 11.4 Å². The van der Waals surface area contributed by atoms with Crippen molar-refractivity contribution in [3.8, 4) is 10.7 Å². The zero-order chi connectivity index (χ0) is 12.7. The third kappa shape index (κ3) is 2.01. The predicted octanol–water partition coefficient (Wildman–Crippen LogP) is 3.09. The van der Waals surface area contributed by atoms with Crippen LogP contribution in [0.1, 0.15) is 39.8 Å². The largest absolute Gasteiger partial charge is 0.477 e. The van der Waals surface area contributed by atoms with E-state index in [9.17, 15) is 9.90 Å². The van der Waals surface area contributed by atoms with Gasteiger partial charge in [0.25, 0.3) is 0 Å². The van der Waals surface area contributed by atoms with Crippen LogP contribution in [0.3, 0.4) is 0 Å². The fourth-order valence-electron chi connectivity index (χ4n) is 1.89. The van der Waals surface area contributed by atoms with Crippen LogP contribution in [0.25, 0.3) is 10.7 Å². The van der Waals surface area contributed by atoms with Gasteiger partial charge < -0.3 is 5.11 Å². The molecular weight excluding hydrogens is 248 g/mol. The van der Waals surface area contributed by atoms with Crippen LogP contribution >= 0.6 is 11.3 Å². The second-order valence-corrected chi connectivity index (χ2v) is 5.48. The lowest BCUT2D eigenvalue weighted by Gasteiger charge is -1.96. The molecule has 18 heavy (non-hydrogen) atoms. The number of carboxylic acids is 1. The van der Waals surface area contributed by atoms with E-state index >= 15 is 0 Å². The number of aryl methyl sites for hydroxylation is 1. The van der Waals surface area contributed by atoms with Crippen LogP contribution in [0.4, 0.5) is 0 Å². The van der Waals surface area contributed by atoms with E-state index in [0.29, 0.717) is 15.8 Å². The number of nitrogens with zero attached hydrogens (tertiary/aromatic N) is 2. The molecule has 4 nitrogen and oxygen atoms in total. The zero-order valence-corrected chi connectivity index (χ0v) is 10.7. The summed E-state index contributed by atoms with van der Waals surface area (Å²) < 4.78 is 0. The molecule has 92 valence electrons. The maximum atomic E-state index is 11.2. The highest BCUT2D eigenvalue weighted by atomic mass is 32.1. The highest BCUT2D eigenvalue weighted by Crippen LogP contribution is 2.43. The van der Waals surface area contributed by atoms with Crippen LogP contribution in [-0.2, 0) is 0 Å². The summed E-state index contributed by atoms with van der Waals surface area (Å²) in [6.07, 6.45) is 2.09. The molecule has 1 fully saturated rings. The Morgan fingerprint density at radius 1 is 1.39 bits per heavy atom. The lowest BCUT2D eigenvalue weighted by molar-refractivity contribution is 0.0700. The molecule has 0 amide bonds. The molecule has 0 atom stereocenters. The number of hydrogen-bond donors (Lipinski definition) is 1.